The summed E-state index contributed by atoms with van der Waals surface area (Å²) in [6, 6.07) is 5.80. The van der Waals surface area contributed by atoms with Gasteiger partial charge in [0.2, 0.25) is 5.91 Å². The van der Waals surface area contributed by atoms with Crippen molar-refractivity contribution in [3.8, 4) is 0 Å². The van der Waals surface area contributed by atoms with E-state index in [1.807, 2.05) is 0 Å². The maximum atomic E-state index is 13.4. The van der Waals surface area contributed by atoms with Gasteiger partial charge >= 0.3 is 0 Å². The first-order valence-electron chi connectivity index (χ1n) is 5.61. The van der Waals surface area contributed by atoms with Crippen LogP contribution in [0.2, 0.25) is 0 Å². The van der Waals surface area contributed by atoms with E-state index in [-0.39, 0.29) is 11.4 Å². The molecule has 0 aliphatic heterocycles. The molecule has 4 N–H and O–H groups in total. The maximum absolute atomic E-state index is 13.4. The van der Waals surface area contributed by atoms with Gasteiger partial charge in [0.1, 0.15) is 12.4 Å². The number of amides is 1. The molecule has 1 amide bonds. The zero-order valence-electron chi connectivity index (χ0n) is 10.2. The standard InChI is InChI=1S/C12H11FN4O3/c13-8-2-1-7(14)5-9(8)15-11(19)6-17-12(20)4-3-10(18)16-17/h1-5H,6,14H2,(H,15,19)(H,16,18). The average molecular weight is 278 g/mol. The number of carbonyl (C=O) groups excluding carboxylic acids is 1. The Kier molecular flexibility index (Phi) is 3.65. The summed E-state index contributed by atoms with van der Waals surface area (Å²) < 4.78 is 14.2. The first-order chi connectivity index (χ1) is 9.45. The van der Waals surface area contributed by atoms with Crippen molar-refractivity contribution in [3.63, 3.8) is 0 Å². The molecule has 2 rings (SSSR count). The Morgan fingerprint density at radius 2 is 2.05 bits per heavy atom. The summed E-state index contributed by atoms with van der Waals surface area (Å²) in [7, 11) is 0. The fraction of sp³-hybridized carbons (Fsp3) is 0.0833. The van der Waals surface area contributed by atoms with Gasteiger partial charge in [-0.1, -0.05) is 0 Å². The molecule has 0 saturated heterocycles. The summed E-state index contributed by atoms with van der Waals surface area (Å²) >= 11 is 0. The van der Waals surface area contributed by atoms with E-state index >= 15 is 0 Å². The van der Waals surface area contributed by atoms with E-state index in [0.29, 0.717) is 0 Å². The number of hydrogen-bond acceptors (Lipinski definition) is 4. The van der Waals surface area contributed by atoms with E-state index < -0.39 is 29.4 Å². The van der Waals surface area contributed by atoms with Crippen LogP contribution in [0.15, 0.2) is 39.9 Å². The number of aromatic amines is 1. The van der Waals surface area contributed by atoms with Crippen molar-refractivity contribution in [2.75, 3.05) is 11.1 Å². The van der Waals surface area contributed by atoms with E-state index in [2.05, 4.69) is 10.4 Å². The van der Waals surface area contributed by atoms with Gasteiger partial charge < -0.3 is 11.1 Å². The first kappa shape index (κ1) is 13.5. The van der Waals surface area contributed by atoms with Crippen molar-refractivity contribution in [1.29, 1.82) is 0 Å². The molecule has 0 saturated carbocycles. The SMILES string of the molecule is Nc1ccc(F)c(NC(=O)Cn2[nH]c(=O)ccc2=O)c1. The molecule has 0 aliphatic carbocycles. The van der Waals surface area contributed by atoms with Gasteiger partial charge in [-0.3, -0.25) is 19.5 Å². The number of nitrogens with one attached hydrogen (secondary N) is 2. The number of carbonyl (C=O) groups is 1. The van der Waals surface area contributed by atoms with E-state index in [4.69, 9.17) is 5.73 Å². The molecular formula is C12H11FN4O3. The van der Waals surface area contributed by atoms with Gasteiger partial charge in [0, 0.05) is 17.8 Å². The molecule has 0 spiro atoms. The van der Waals surface area contributed by atoms with Gasteiger partial charge in [-0.2, -0.15) is 0 Å². The van der Waals surface area contributed by atoms with Gasteiger partial charge in [0.05, 0.1) is 5.69 Å². The highest BCUT2D eigenvalue weighted by atomic mass is 19.1. The van der Waals surface area contributed by atoms with Crippen molar-refractivity contribution >= 4 is 17.3 Å². The number of nitrogen functional groups attached to an aromatic ring is 1. The van der Waals surface area contributed by atoms with Crippen LogP contribution in [0.25, 0.3) is 0 Å². The highest BCUT2D eigenvalue weighted by Crippen LogP contribution is 2.17. The van der Waals surface area contributed by atoms with Crippen LogP contribution >= 0.6 is 0 Å². The Bertz CT molecular complexity index is 766. The lowest BCUT2D eigenvalue weighted by Gasteiger charge is -2.08. The summed E-state index contributed by atoms with van der Waals surface area (Å²) in [5, 5.41) is 4.46. The van der Waals surface area contributed by atoms with Gasteiger partial charge in [-0.15, -0.1) is 0 Å². The molecule has 0 fully saturated rings. The van der Waals surface area contributed by atoms with Crippen LogP contribution in [-0.2, 0) is 11.3 Å². The number of benzene rings is 1. The molecule has 0 aliphatic rings. The minimum atomic E-state index is -0.668. The third-order valence-electron chi connectivity index (χ3n) is 2.45. The first-order valence-corrected chi connectivity index (χ1v) is 5.61. The predicted molar refractivity (Wildman–Crippen MR) is 70.8 cm³/mol. The minimum absolute atomic E-state index is 0.0960. The highest BCUT2D eigenvalue weighted by Gasteiger charge is 2.09. The summed E-state index contributed by atoms with van der Waals surface area (Å²) in [5.41, 5.74) is 4.60. The molecule has 1 aromatic carbocycles. The second-order valence-electron chi connectivity index (χ2n) is 4.02. The summed E-state index contributed by atoms with van der Waals surface area (Å²) in [6.45, 7) is -0.441. The maximum Gasteiger partial charge on any atom is 0.265 e. The van der Waals surface area contributed by atoms with Gasteiger partial charge in [-0.25, -0.2) is 9.07 Å². The molecule has 0 unspecified atom stereocenters. The highest BCUT2D eigenvalue weighted by molar-refractivity contribution is 5.91. The van der Waals surface area contributed by atoms with E-state index in [1.54, 1.807) is 0 Å². The van der Waals surface area contributed by atoms with Crippen LogP contribution in [0.4, 0.5) is 15.8 Å². The number of aromatic nitrogens is 2. The number of hydrogen-bond donors (Lipinski definition) is 3. The Labute approximate surface area is 111 Å². The molecule has 2 aromatic rings. The summed E-state index contributed by atoms with van der Waals surface area (Å²) in [4.78, 5) is 34.2. The van der Waals surface area contributed by atoms with E-state index in [9.17, 15) is 18.8 Å². The third-order valence-corrected chi connectivity index (χ3v) is 2.45. The van der Waals surface area contributed by atoms with Crippen LogP contribution in [0.1, 0.15) is 0 Å². The molecule has 7 nitrogen and oxygen atoms in total. The molecule has 1 heterocycles. The lowest BCUT2D eigenvalue weighted by Crippen LogP contribution is -2.33. The molecule has 20 heavy (non-hydrogen) atoms. The lowest BCUT2D eigenvalue weighted by atomic mass is 10.2. The number of anilines is 2. The van der Waals surface area contributed by atoms with Crippen LogP contribution in [0, 0.1) is 5.82 Å². The quantitative estimate of drug-likeness (QED) is 0.681. The predicted octanol–water partition coefficient (Wildman–Crippen LogP) is -0.103. The normalized spacial score (nSPS) is 10.2. The fourth-order valence-electron chi connectivity index (χ4n) is 1.55. The Hall–Kier alpha value is -2.90. The van der Waals surface area contributed by atoms with Crippen molar-refractivity contribution in [2.45, 2.75) is 6.54 Å². The van der Waals surface area contributed by atoms with Crippen LogP contribution in [0.5, 0.6) is 0 Å². The Balaban J connectivity index is 2.17. The van der Waals surface area contributed by atoms with Crippen molar-refractivity contribution in [2.24, 2.45) is 0 Å². The fourth-order valence-corrected chi connectivity index (χ4v) is 1.55. The molecule has 104 valence electrons. The number of nitrogens with zero attached hydrogens (tertiary/aromatic N) is 1. The smallest absolute Gasteiger partial charge is 0.265 e. The third kappa shape index (κ3) is 3.10. The Morgan fingerprint density at radius 3 is 2.80 bits per heavy atom. The van der Waals surface area contributed by atoms with Gasteiger partial charge in [-0.05, 0) is 18.2 Å². The van der Waals surface area contributed by atoms with Crippen molar-refractivity contribution in [1.82, 2.24) is 9.78 Å². The van der Waals surface area contributed by atoms with E-state index in [1.165, 1.54) is 12.1 Å². The topological polar surface area (TPSA) is 110 Å². The molecule has 1 aromatic heterocycles. The monoisotopic (exact) mass is 278 g/mol. The van der Waals surface area contributed by atoms with Crippen molar-refractivity contribution < 1.29 is 9.18 Å². The molecule has 0 bridgehead atoms. The van der Waals surface area contributed by atoms with Crippen LogP contribution in [0.3, 0.4) is 0 Å². The number of halogens is 1. The number of H-pyrrole nitrogens is 1. The van der Waals surface area contributed by atoms with Crippen molar-refractivity contribution in [3.05, 3.63) is 56.9 Å². The van der Waals surface area contributed by atoms with Crippen LogP contribution in [-0.4, -0.2) is 15.7 Å². The molecule has 0 atom stereocenters. The molecule has 0 radical (unpaired) electrons. The van der Waals surface area contributed by atoms with E-state index in [0.717, 1.165) is 22.9 Å². The largest absolute Gasteiger partial charge is 0.399 e. The average Bonchev–Trinajstić information content (AvgIpc) is 2.38. The van der Waals surface area contributed by atoms with Gasteiger partial charge in [0.25, 0.3) is 11.1 Å². The van der Waals surface area contributed by atoms with Crippen LogP contribution < -0.4 is 22.2 Å². The zero-order valence-corrected chi connectivity index (χ0v) is 10.2. The second-order valence-corrected chi connectivity index (χ2v) is 4.02. The van der Waals surface area contributed by atoms with Gasteiger partial charge in [0.15, 0.2) is 0 Å². The zero-order chi connectivity index (χ0) is 14.7. The lowest BCUT2D eigenvalue weighted by molar-refractivity contribution is -0.117. The minimum Gasteiger partial charge on any atom is -0.399 e. The molecular weight excluding hydrogens is 267 g/mol. The molecule has 8 heteroatoms. The summed E-state index contributed by atoms with van der Waals surface area (Å²) in [5.74, 6) is -1.32. The summed E-state index contributed by atoms with van der Waals surface area (Å²) in [6.07, 6.45) is 0. The number of nitrogens with two attached hydrogens (primary N) is 1. The number of rotatable bonds is 3. The Morgan fingerprint density at radius 1 is 1.30 bits per heavy atom. The second kappa shape index (κ2) is 5.39.